The number of nitrogens with two attached hydrogens (primary N) is 1. The zero-order valence-corrected chi connectivity index (χ0v) is 11.6. The highest BCUT2D eigenvalue weighted by Crippen LogP contribution is 2.21. The molecule has 0 saturated heterocycles. The molecular weight excluding hydrogens is 279 g/mol. The minimum absolute atomic E-state index is 0.0844. The molecule has 1 amide bonds. The summed E-state index contributed by atoms with van der Waals surface area (Å²) >= 11 is 5.77. The number of nitrogen functional groups attached to an aromatic ring is 1. The number of para-hydroxylation sites is 1. The van der Waals surface area contributed by atoms with Crippen molar-refractivity contribution in [2.45, 2.75) is 13.0 Å². The van der Waals surface area contributed by atoms with Crippen LogP contribution in [0.4, 0.5) is 10.1 Å². The van der Waals surface area contributed by atoms with Gasteiger partial charge in [-0.3, -0.25) is 4.79 Å². The Labute approximate surface area is 121 Å². The van der Waals surface area contributed by atoms with Gasteiger partial charge >= 0.3 is 0 Å². The highest BCUT2D eigenvalue weighted by molar-refractivity contribution is 6.31. The van der Waals surface area contributed by atoms with Crippen molar-refractivity contribution in [1.29, 1.82) is 0 Å². The van der Waals surface area contributed by atoms with E-state index in [2.05, 4.69) is 5.32 Å². The zero-order valence-electron chi connectivity index (χ0n) is 10.9. The SMILES string of the molecule is CC(NC(=O)c1cc(Cl)ccc1F)c1ccccc1N. The van der Waals surface area contributed by atoms with Gasteiger partial charge in [0.05, 0.1) is 11.6 Å². The van der Waals surface area contributed by atoms with Crippen molar-refractivity contribution in [3.63, 3.8) is 0 Å². The van der Waals surface area contributed by atoms with Crippen LogP contribution in [0.3, 0.4) is 0 Å². The number of carbonyl (C=O) groups excluding carboxylic acids is 1. The number of anilines is 1. The lowest BCUT2D eigenvalue weighted by Crippen LogP contribution is -2.28. The van der Waals surface area contributed by atoms with Crippen LogP contribution in [-0.4, -0.2) is 5.91 Å². The predicted molar refractivity (Wildman–Crippen MR) is 78.1 cm³/mol. The van der Waals surface area contributed by atoms with Crippen molar-refractivity contribution in [2.24, 2.45) is 0 Å². The third-order valence-corrected chi connectivity index (χ3v) is 3.22. The standard InChI is InChI=1S/C15H14ClFN2O/c1-9(11-4-2-3-5-14(11)18)19-15(20)12-8-10(16)6-7-13(12)17/h2-9H,18H2,1H3,(H,19,20). The molecule has 2 aromatic carbocycles. The van der Waals surface area contributed by atoms with Crippen molar-refractivity contribution >= 4 is 23.2 Å². The molecule has 5 heteroatoms. The Morgan fingerprint density at radius 1 is 1.30 bits per heavy atom. The van der Waals surface area contributed by atoms with Gasteiger partial charge in [0.15, 0.2) is 0 Å². The highest BCUT2D eigenvalue weighted by Gasteiger charge is 2.16. The van der Waals surface area contributed by atoms with Crippen LogP contribution in [0.2, 0.25) is 5.02 Å². The van der Waals surface area contributed by atoms with Gasteiger partial charge in [-0.05, 0) is 36.8 Å². The van der Waals surface area contributed by atoms with Crippen molar-refractivity contribution in [3.8, 4) is 0 Å². The fourth-order valence-electron chi connectivity index (χ4n) is 1.93. The van der Waals surface area contributed by atoms with Gasteiger partial charge < -0.3 is 11.1 Å². The average Bonchev–Trinajstić information content (AvgIpc) is 2.41. The molecule has 0 aliphatic heterocycles. The Kier molecular flexibility index (Phi) is 4.25. The molecular formula is C15H14ClFN2O. The summed E-state index contributed by atoms with van der Waals surface area (Å²) in [4.78, 5) is 12.1. The summed E-state index contributed by atoms with van der Waals surface area (Å²) in [5.74, 6) is -1.14. The lowest BCUT2D eigenvalue weighted by molar-refractivity contribution is 0.0936. The minimum Gasteiger partial charge on any atom is -0.398 e. The fraction of sp³-hybridized carbons (Fsp3) is 0.133. The van der Waals surface area contributed by atoms with Gasteiger partial charge in [0.1, 0.15) is 5.82 Å². The van der Waals surface area contributed by atoms with Gasteiger partial charge in [-0.1, -0.05) is 29.8 Å². The van der Waals surface area contributed by atoms with Gasteiger partial charge in [-0.25, -0.2) is 4.39 Å². The van der Waals surface area contributed by atoms with Gasteiger partial charge in [-0.15, -0.1) is 0 Å². The minimum atomic E-state index is -0.611. The Morgan fingerprint density at radius 2 is 2.00 bits per heavy atom. The molecule has 0 aliphatic rings. The summed E-state index contributed by atoms with van der Waals surface area (Å²) in [6.07, 6.45) is 0. The Balaban J connectivity index is 2.20. The van der Waals surface area contributed by atoms with E-state index in [1.807, 2.05) is 18.2 Å². The molecule has 0 aromatic heterocycles. The number of halogens is 2. The van der Waals surface area contributed by atoms with E-state index in [1.165, 1.54) is 18.2 Å². The molecule has 0 fully saturated rings. The van der Waals surface area contributed by atoms with Gasteiger partial charge in [-0.2, -0.15) is 0 Å². The molecule has 20 heavy (non-hydrogen) atoms. The Bertz CT molecular complexity index is 646. The Morgan fingerprint density at radius 3 is 2.70 bits per heavy atom. The molecule has 104 valence electrons. The number of nitrogens with one attached hydrogen (secondary N) is 1. The second-order valence-corrected chi connectivity index (χ2v) is 4.88. The molecule has 3 N–H and O–H groups in total. The molecule has 1 atom stereocenters. The van der Waals surface area contributed by atoms with Crippen LogP contribution in [0.1, 0.15) is 28.9 Å². The van der Waals surface area contributed by atoms with E-state index in [-0.39, 0.29) is 11.6 Å². The van der Waals surface area contributed by atoms with Crippen molar-refractivity contribution in [3.05, 3.63) is 64.4 Å². The van der Waals surface area contributed by atoms with Crippen LogP contribution in [0.15, 0.2) is 42.5 Å². The summed E-state index contributed by atoms with van der Waals surface area (Å²) in [6, 6.07) is 10.7. The maximum atomic E-state index is 13.6. The van der Waals surface area contributed by atoms with E-state index in [0.29, 0.717) is 10.7 Å². The number of rotatable bonds is 3. The second-order valence-electron chi connectivity index (χ2n) is 4.45. The summed E-state index contributed by atoms with van der Waals surface area (Å²) in [5.41, 5.74) is 7.12. The normalized spacial score (nSPS) is 11.9. The van der Waals surface area contributed by atoms with E-state index >= 15 is 0 Å². The molecule has 0 radical (unpaired) electrons. The molecule has 0 spiro atoms. The number of amides is 1. The van der Waals surface area contributed by atoms with Gasteiger partial charge in [0, 0.05) is 10.7 Å². The summed E-state index contributed by atoms with van der Waals surface area (Å²) < 4.78 is 13.6. The van der Waals surface area contributed by atoms with Crippen LogP contribution in [0.25, 0.3) is 0 Å². The lowest BCUT2D eigenvalue weighted by atomic mass is 10.1. The largest absolute Gasteiger partial charge is 0.398 e. The van der Waals surface area contributed by atoms with E-state index in [1.54, 1.807) is 13.0 Å². The van der Waals surface area contributed by atoms with Gasteiger partial charge in [0.2, 0.25) is 0 Å². The highest BCUT2D eigenvalue weighted by atomic mass is 35.5. The first-order valence-electron chi connectivity index (χ1n) is 6.09. The monoisotopic (exact) mass is 292 g/mol. The van der Waals surface area contributed by atoms with Crippen LogP contribution < -0.4 is 11.1 Å². The number of carbonyl (C=O) groups is 1. The quantitative estimate of drug-likeness (QED) is 0.850. The number of hydrogen-bond donors (Lipinski definition) is 2. The molecule has 0 aliphatic carbocycles. The molecule has 1 unspecified atom stereocenters. The third-order valence-electron chi connectivity index (χ3n) is 2.98. The van der Waals surface area contributed by atoms with E-state index in [0.717, 1.165) is 5.56 Å². The summed E-state index contributed by atoms with van der Waals surface area (Å²) in [5, 5.41) is 3.01. The average molecular weight is 293 g/mol. The lowest BCUT2D eigenvalue weighted by Gasteiger charge is -2.16. The first-order chi connectivity index (χ1) is 9.49. The smallest absolute Gasteiger partial charge is 0.254 e. The maximum absolute atomic E-state index is 13.6. The molecule has 0 heterocycles. The van der Waals surface area contributed by atoms with Gasteiger partial charge in [0.25, 0.3) is 5.91 Å². The predicted octanol–water partition coefficient (Wildman–Crippen LogP) is 3.55. The topological polar surface area (TPSA) is 55.1 Å². The molecule has 0 bridgehead atoms. The van der Waals surface area contributed by atoms with E-state index < -0.39 is 11.7 Å². The van der Waals surface area contributed by atoms with Crippen LogP contribution in [-0.2, 0) is 0 Å². The van der Waals surface area contributed by atoms with E-state index in [9.17, 15) is 9.18 Å². The summed E-state index contributed by atoms with van der Waals surface area (Å²) in [7, 11) is 0. The number of benzene rings is 2. The zero-order chi connectivity index (χ0) is 14.7. The third kappa shape index (κ3) is 3.08. The summed E-state index contributed by atoms with van der Waals surface area (Å²) in [6.45, 7) is 1.78. The molecule has 0 saturated carbocycles. The first-order valence-corrected chi connectivity index (χ1v) is 6.47. The first kappa shape index (κ1) is 14.3. The van der Waals surface area contributed by atoms with Crippen molar-refractivity contribution < 1.29 is 9.18 Å². The van der Waals surface area contributed by atoms with Crippen LogP contribution >= 0.6 is 11.6 Å². The second kappa shape index (κ2) is 5.92. The van der Waals surface area contributed by atoms with Crippen molar-refractivity contribution in [1.82, 2.24) is 5.32 Å². The number of hydrogen-bond acceptors (Lipinski definition) is 2. The van der Waals surface area contributed by atoms with Crippen LogP contribution in [0, 0.1) is 5.82 Å². The maximum Gasteiger partial charge on any atom is 0.254 e. The van der Waals surface area contributed by atoms with Crippen molar-refractivity contribution in [2.75, 3.05) is 5.73 Å². The Hall–Kier alpha value is -2.07. The molecule has 2 rings (SSSR count). The molecule has 2 aromatic rings. The van der Waals surface area contributed by atoms with Crippen LogP contribution in [0.5, 0.6) is 0 Å². The molecule has 3 nitrogen and oxygen atoms in total. The van der Waals surface area contributed by atoms with E-state index in [4.69, 9.17) is 17.3 Å². The fourth-order valence-corrected chi connectivity index (χ4v) is 2.10.